The first-order chi connectivity index (χ1) is 16.5. The van der Waals surface area contributed by atoms with E-state index in [2.05, 4.69) is 5.32 Å². The van der Waals surface area contributed by atoms with Crippen LogP contribution in [0, 0.1) is 11.3 Å². The first kappa shape index (κ1) is 28.1. The van der Waals surface area contributed by atoms with Gasteiger partial charge in [0, 0.05) is 19.5 Å². The minimum Gasteiger partial charge on any atom is -0.497 e. The van der Waals surface area contributed by atoms with E-state index < -0.39 is 33.9 Å². The Bertz CT molecular complexity index is 1090. The Hall–Kier alpha value is -3.13. The number of hydrogen-bond donors (Lipinski definition) is 2. The highest BCUT2D eigenvalue weighted by Crippen LogP contribution is 2.21. The molecule has 2 unspecified atom stereocenters. The van der Waals surface area contributed by atoms with Crippen LogP contribution in [0.25, 0.3) is 0 Å². The summed E-state index contributed by atoms with van der Waals surface area (Å²) >= 11 is 0. The van der Waals surface area contributed by atoms with Crippen LogP contribution >= 0.6 is 0 Å². The lowest BCUT2D eigenvalue weighted by molar-refractivity contribution is 0.0403. The highest BCUT2D eigenvalue weighted by molar-refractivity contribution is 7.89. The molecular weight excluding hydrogens is 470 g/mol. The molecule has 2 aromatic carbocycles. The van der Waals surface area contributed by atoms with E-state index in [1.807, 2.05) is 36.4 Å². The topological polar surface area (TPSA) is 129 Å². The van der Waals surface area contributed by atoms with Gasteiger partial charge in [0.25, 0.3) is 0 Å². The molecule has 2 atom stereocenters. The zero-order valence-corrected chi connectivity index (χ0v) is 21.3. The number of carbonyl (C=O) groups excluding carboxylic acids is 1. The summed E-state index contributed by atoms with van der Waals surface area (Å²) in [6, 6.07) is 16.2. The van der Waals surface area contributed by atoms with E-state index >= 15 is 0 Å². The molecule has 2 aromatic rings. The molecule has 0 fully saturated rings. The fraction of sp³-hybridized carbons (Fsp3) is 0.440. The van der Waals surface area contributed by atoms with Gasteiger partial charge in [0.1, 0.15) is 11.4 Å². The van der Waals surface area contributed by atoms with Crippen LogP contribution in [-0.2, 0) is 21.2 Å². The molecule has 190 valence electrons. The van der Waals surface area contributed by atoms with Crippen LogP contribution in [-0.4, -0.2) is 61.9 Å². The van der Waals surface area contributed by atoms with Crippen LogP contribution in [0.15, 0.2) is 59.5 Å². The number of benzene rings is 2. The monoisotopic (exact) mass is 503 g/mol. The van der Waals surface area contributed by atoms with Crippen LogP contribution in [0.1, 0.15) is 32.8 Å². The molecule has 2 rings (SSSR count). The van der Waals surface area contributed by atoms with Crippen LogP contribution in [0.5, 0.6) is 5.75 Å². The maximum absolute atomic E-state index is 13.3. The van der Waals surface area contributed by atoms with Gasteiger partial charge in [-0.05, 0) is 57.0 Å². The molecule has 0 bridgehead atoms. The smallest absolute Gasteiger partial charge is 0.407 e. The number of aliphatic hydroxyl groups excluding tert-OH is 1. The molecule has 0 radical (unpaired) electrons. The van der Waals surface area contributed by atoms with Crippen LogP contribution in [0.4, 0.5) is 4.79 Å². The number of ether oxygens (including phenoxy) is 2. The standard InChI is InChI=1S/C25H33N3O6S/c1-25(2,3)34-24(30)27-22(17-19-9-6-5-7-10-19)23(29)18-28(16-8-15-26)35(31,32)21-13-11-20(33-4)12-14-21/h5-7,9-14,22-23,29H,8,16-18H2,1-4H3,(H,27,30). The maximum Gasteiger partial charge on any atom is 0.407 e. The van der Waals surface area contributed by atoms with Crippen LogP contribution < -0.4 is 10.1 Å². The lowest BCUT2D eigenvalue weighted by atomic mass is 10.0. The van der Waals surface area contributed by atoms with Gasteiger partial charge in [-0.2, -0.15) is 9.57 Å². The van der Waals surface area contributed by atoms with Crippen molar-refractivity contribution >= 4 is 16.1 Å². The highest BCUT2D eigenvalue weighted by atomic mass is 32.2. The minimum atomic E-state index is -4.03. The van der Waals surface area contributed by atoms with Crippen molar-refractivity contribution in [1.29, 1.82) is 5.26 Å². The third kappa shape index (κ3) is 8.87. The summed E-state index contributed by atoms with van der Waals surface area (Å²) in [7, 11) is -2.56. The normalized spacial score (nSPS) is 13.5. The molecule has 10 heteroatoms. The van der Waals surface area contributed by atoms with Crippen LogP contribution in [0.3, 0.4) is 0 Å². The molecule has 0 aliphatic rings. The Morgan fingerprint density at radius 2 is 1.77 bits per heavy atom. The molecule has 9 nitrogen and oxygen atoms in total. The van der Waals surface area contributed by atoms with Crippen LogP contribution in [0.2, 0.25) is 0 Å². The van der Waals surface area contributed by atoms with E-state index in [1.165, 1.54) is 31.4 Å². The molecule has 1 amide bonds. The number of rotatable bonds is 11. The van der Waals surface area contributed by atoms with Crippen molar-refractivity contribution in [2.24, 2.45) is 0 Å². The number of aliphatic hydroxyl groups is 1. The average Bonchev–Trinajstić information content (AvgIpc) is 2.80. The summed E-state index contributed by atoms with van der Waals surface area (Å²) in [4.78, 5) is 12.5. The zero-order valence-electron chi connectivity index (χ0n) is 20.5. The van der Waals surface area contributed by atoms with Gasteiger partial charge in [-0.1, -0.05) is 30.3 Å². The average molecular weight is 504 g/mol. The van der Waals surface area contributed by atoms with Gasteiger partial charge in [-0.25, -0.2) is 13.2 Å². The van der Waals surface area contributed by atoms with Gasteiger partial charge in [0.05, 0.1) is 30.2 Å². The second-order valence-corrected chi connectivity index (χ2v) is 10.9. The number of nitrogens with zero attached hydrogens (tertiary/aromatic N) is 2. The van der Waals surface area contributed by atoms with Gasteiger partial charge < -0.3 is 19.9 Å². The molecule has 2 N–H and O–H groups in total. The van der Waals surface area contributed by atoms with E-state index in [1.54, 1.807) is 20.8 Å². The van der Waals surface area contributed by atoms with Gasteiger partial charge in [-0.3, -0.25) is 0 Å². The fourth-order valence-corrected chi connectivity index (χ4v) is 4.79. The minimum absolute atomic E-state index is 0.00292. The van der Waals surface area contributed by atoms with Crippen molar-refractivity contribution in [3.8, 4) is 11.8 Å². The van der Waals surface area contributed by atoms with E-state index in [0.29, 0.717) is 5.75 Å². The number of amides is 1. The largest absolute Gasteiger partial charge is 0.497 e. The summed E-state index contributed by atoms with van der Waals surface area (Å²) < 4.78 is 38.1. The molecule has 35 heavy (non-hydrogen) atoms. The molecule has 0 saturated carbocycles. The molecule has 0 aromatic heterocycles. The summed E-state index contributed by atoms with van der Waals surface area (Å²) in [5.41, 5.74) is 0.0947. The van der Waals surface area contributed by atoms with Gasteiger partial charge in [0.15, 0.2) is 0 Å². The van der Waals surface area contributed by atoms with Crippen molar-refractivity contribution < 1.29 is 27.8 Å². The predicted octanol–water partition coefficient (Wildman–Crippen LogP) is 3.10. The molecule has 0 aliphatic carbocycles. The molecule has 0 spiro atoms. The first-order valence-electron chi connectivity index (χ1n) is 11.2. The number of alkyl carbamates (subject to hydrolysis) is 1. The zero-order chi connectivity index (χ0) is 26.1. The second-order valence-electron chi connectivity index (χ2n) is 8.96. The quantitative estimate of drug-likeness (QED) is 0.482. The number of nitriles is 1. The lowest BCUT2D eigenvalue weighted by Gasteiger charge is -2.30. The Kier molecular flexibility index (Phi) is 10.1. The van der Waals surface area contributed by atoms with E-state index in [-0.39, 0.29) is 30.8 Å². The van der Waals surface area contributed by atoms with E-state index in [9.17, 15) is 18.3 Å². The van der Waals surface area contributed by atoms with Crippen molar-refractivity contribution in [2.45, 2.75) is 56.3 Å². The number of nitrogens with one attached hydrogen (secondary N) is 1. The summed E-state index contributed by atoms with van der Waals surface area (Å²) in [6.07, 6.45) is -1.82. The number of methoxy groups -OCH3 is 1. The number of sulfonamides is 1. The van der Waals surface area contributed by atoms with E-state index in [4.69, 9.17) is 14.7 Å². The predicted molar refractivity (Wildman–Crippen MR) is 131 cm³/mol. The van der Waals surface area contributed by atoms with Crippen molar-refractivity contribution in [1.82, 2.24) is 9.62 Å². The fourth-order valence-electron chi connectivity index (χ4n) is 3.33. The number of carbonyl (C=O) groups is 1. The Labute approximate surface area is 207 Å². The third-order valence-corrected chi connectivity index (χ3v) is 6.91. The van der Waals surface area contributed by atoms with Crippen molar-refractivity contribution in [2.75, 3.05) is 20.2 Å². The van der Waals surface area contributed by atoms with E-state index in [0.717, 1.165) is 9.87 Å². The molecule has 0 aliphatic heterocycles. The molecule has 0 heterocycles. The summed E-state index contributed by atoms with van der Waals surface area (Å²) in [5.74, 6) is 0.497. The van der Waals surface area contributed by atoms with Gasteiger partial charge in [0.2, 0.25) is 10.0 Å². The first-order valence-corrected chi connectivity index (χ1v) is 12.6. The maximum atomic E-state index is 13.3. The molecule has 0 saturated heterocycles. The Morgan fingerprint density at radius 1 is 1.14 bits per heavy atom. The number of hydrogen-bond acceptors (Lipinski definition) is 7. The summed E-state index contributed by atoms with van der Waals surface area (Å²) in [6.45, 7) is 4.72. The third-order valence-electron chi connectivity index (χ3n) is 5.03. The summed E-state index contributed by atoms with van der Waals surface area (Å²) in [5, 5.41) is 22.8. The molecular formula is C25H33N3O6S. The Morgan fingerprint density at radius 3 is 2.31 bits per heavy atom. The highest BCUT2D eigenvalue weighted by Gasteiger charge is 2.31. The SMILES string of the molecule is COc1ccc(S(=O)(=O)N(CCC#N)CC(O)C(Cc2ccccc2)NC(=O)OC(C)(C)C)cc1. The Balaban J connectivity index is 2.30. The lowest BCUT2D eigenvalue weighted by Crippen LogP contribution is -2.51. The van der Waals surface area contributed by atoms with Crippen molar-refractivity contribution in [3.05, 3.63) is 60.2 Å². The second kappa shape index (κ2) is 12.5. The van der Waals surface area contributed by atoms with Gasteiger partial charge in [-0.15, -0.1) is 0 Å². The van der Waals surface area contributed by atoms with Crippen molar-refractivity contribution in [3.63, 3.8) is 0 Å². The van der Waals surface area contributed by atoms with Gasteiger partial charge >= 0.3 is 6.09 Å².